The van der Waals surface area contributed by atoms with Crippen molar-refractivity contribution in [3.8, 4) is 0 Å². The third kappa shape index (κ3) is 5.67. The second kappa shape index (κ2) is 9.34. The molecule has 1 N–H and O–H groups in total. The Morgan fingerprint density at radius 3 is 2.63 bits per heavy atom. The fourth-order valence-electron chi connectivity index (χ4n) is 2.84. The molecule has 0 unspecified atom stereocenters. The van der Waals surface area contributed by atoms with E-state index < -0.39 is 0 Å². The fraction of sp³-hybridized carbons (Fsp3) is 0.316. The van der Waals surface area contributed by atoms with Gasteiger partial charge in [-0.15, -0.1) is 0 Å². The highest BCUT2D eigenvalue weighted by Gasteiger charge is 2.21. The SMILES string of the molecule is O=C(COCC(=O)N1CCN(c2cccc(Cl)c2)CC1)Nc1cccnc1. The van der Waals surface area contributed by atoms with Crippen LogP contribution in [0.3, 0.4) is 0 Å². The lowest BCUT2D eigenvalue weighted by Crippen LogP contribution is -2.49. The lowest BCUT2D eigenvalue weighted by Gasteiger charge is -2.36. The summed E-state index contributed by atoms with van der Waals surface area (Å²) in [7, 11) is 0. The summed E-state index contributed by atoms with van der Waals surface area (Å²) < 4.78 is 5.26. The second-order valence-electron chi connectivity index (χ2n) is 6.13. The quantitative estimate of drug-likeness (QED) is 0.819. The van der Waals surface area contributed by atoms with Crippen LogP contribution in [0, 0.1) is 0 Å². The molecule has 1 saturated heterocycles. The van der Waals surface area contributed by atoms with Crippen LogP contribution in [0.2, 0.25) is 5.02 Å². The Bertz CT molecular complexity index is 780. The minimum Gasteiger partial charge on any atom is -0.368 e. The molecule has 1 aromatic heterocycles. The Hall–Kier alpha value is -2.64. The number of pyridine rings is 1. The van der Waals surface area contributed by atoms with Crippen molar-refractivity contribution in [1.29, 1.82) is 0 Å². The number of rotatable bonds is 6. The van der Waals surface area contributed by atoms with Crippen molar-refractivity contribution in [1.82, 2.24) is 9.88 Å². The van der Waals surface area contributed by atoms with E-state index in [0.717, 1.165) is 18.8 Å². The van der Waals surface area contributed by atoms with Crippen molar-refractivity contribution in [2.24, 2.45) is 0 Å². The number of benzene rings is 1. The number of halogens is 1. The van der Waals surface area contributed by atoms with Gasteiger partial charge in [0.15, 0.2) is 0 Å². The molecule has 1 fully saturated rings. The van der Waals surface area contributed by atoms with Gasteiger partial charge in [-0.05, 0) is 30.3 Å². The third-order valence-corrected chi connectivity index (χ3v) is 4.44. The molecule has 1 aromatic carbocycles. The van der Waals surface area contributed by atoms with E-state index in [4.69, 9.17) is 16.3 Å². The van der Waals surface area contributed by atoms with E-state index in [0.29, 0.717) is 23.8 Å². The van der Waals surface area contributed by atoms with Crippen molar-refractivity contribution < 1.29 is 14.3 Å². The standard InChI is InChI=1S/C19H21ClN4O3/c20-15-3-1-5-17(11-15)23-7-9-24(10-8-23)19(26)14-27-13-18(25)22-16-4-2-6-21-12-16/h1-6,11-12H,7-10,13-14H2,(H,22,25). The number of hydrogen-bond donors (Lipinski definition) is 1. The van der Waals surface area contributed by atoms with E-state index in [2.05, 4.69) is 15.2 Å². The molecule has 1 aliphatic rings. The molecular formula is C19H21ClN4O3. The Kier molecular flexibility index (Phi) is 6.62. The number of amides is 2. The predicted molar refractivity (Wildman–Crippen MR) is 104 cm³/mol. The fourth-order valence-corrected chi connectivity index (χ4v) is 3.03. The molecule has 0 bridgehead atoms. The summed E-state index contributed by atoms with van der Waals surface area (Å²) in [6, 6.07) is 11.1. The van der Waals surface area contributed by atoms with Crippen LogP contribution in [0.4, 0.5) is 11.4 Å². The smallest absolute Gasteiger partial charge is 0.250 e. The largest absolute Gasteiger partial charge is 0.368 e. The van der Waals surface area contributed by atoms with Crippen LogP contribution in [0.25, 0.3) is 0 Å². The minimum absolute atomic E-state index is 0.113. The Labute approximate surface area is 162 Å². The van der Waals surface area contributed by atoms with E-state index >= 15 is 0 Å². The Morgan fingerprint density at radius 1 is 1.11 bits per heavy atom. The summed E-state index contributed by atoms with van der Waals surface area (Å²) in [5.74, 6) is -0.434. The van der Waals surface area contributed by atoms with Gasteiger partial charge in [0.1, 0.15) is 13.2 Å². The van der Waals surface area contributed by atoms with Crippen molar-refractivity contribution in [2.45, 2.75) is 0 Å². The lowest BCUT2D eigenvalue weighted by atomic mass is 10.2. The summed E-state index contributed by atoms with van der Waals surface area (Å²) in [4.78, 5) is 31.9. The molecule has 0 radical (unpaired) electrons. The van der Waals surface area contributed by atoms with Crippen molar-refractivity contribution in [3.05, 3.63) is 53.8 Å². The van der Waals surface area contributed by atoms with E-state index in [-0.39, 0.29) is 25.0 Å². The first-order chi connectivity index (χ1) is 13.1. The van der Waals surface area contributed by atoms with Crippen molar-refractivity contribution >= 4 is 34.8 Å². The summed E-state index contributed by atoms with van der Waals surface area (Å²) in [6.45, 7) is 2.38. The first-order valence-corrected chi connectivity index (χ1v) is 9.05. The maximum atomic E-state index is 12.3. The normalized spacial score (nSPS) is 14.1. The van der Waals surface area contributed by atoms with Gasteiger partial charge in [0.25, 0.3) is 0 Å². The monoisotopic (exact) mass is 388 g/mol. The van der Waals surface area contributed by atoms with Crippen molar-refractivity contribution in [3.63, 3.8) is 0 Å². The van der Waals surface area contributed by atoms with Gasteiger partial charge in [-0.3, -0.25) is 14.6 Å². The Morgan fingerprint density at radius 2 is 1.93 bits per heavy atom. The number of carbonyl (C=O) groups excluding carboxylic acids is 2. The van der Waals surface area contributed by atoms with Crippen LogP contribution in [0.15, 0.2) is 48.8 Å². The molecular weight excluding hydrogens is 368 g/mol. The van der Waals surface area contributed by atoms with Gasteiger partial charge >= 0.3 is 0 Å². The molecule has 8 heteroatoms. The molecule has 0 saturated carbocycles. The lowest BCUT2D eigenvalue weighted by molar-refractivity contribution is -0.137. The Balaban J connectivity index is 1.37. The number of piperazine rings is 1. The highest BCUT2D eigenvalue weighted by Crippen LogP contribution is 2.20. The number of nitrogens with one attached hydrogen (secondary N) is 1. The summed E-state index contributed by atoms with van der Waals surface area (Å²) >= 11 is 6.03. The van der Waals surface area contributed by atoms with Crippen LogP contribution in [-0.2, 0) is 14.3 Å². The highest BCUT2D eigenvalue weighted by atomic mass is 35.5. The molecule has 0 spiro atoms. The average molecular weight is 389 g/mol. The number of nitrogens with zero attached hydrogens (tertiary/aromatic N) is 3. The van der Waals surface area contributed by atoms with Gasteiger partial charge in [0.05, 0.1) is 11.9 Å². The third-order valence-electron chi connectivity index (χ3n) is 4.21. The first kappa shape index (κ1) is 19.1. The molecule has 2 amide bonds. The number of ether oxygens (including phenoxy) is 1. The van der Waals surface area contributed by atoms with Crippen LogP contribution in [0.5, 0.6) is 0 Å². The van der Waals surface area contributed by atoms with Crippen LogP contribution in [-0.4, -0.2) is 61.1 Å². The second-order valence-corrected chi connectivity index (χ2v) is 6.57. The van der Waals surface area contributed by atoms with Gasteiger partial charge in [0.2, 0.25) is 11.8 Å². The number of carbonyl (C=O) groups is 2. The zero-order valence-electron chi connectivity index (χ0n) is 14.8. The summed E-state index contributed by atoms with van der Waals surface area (Å²) in [6.07, 6.45) is 3.17. The predicted octanol–water partition coefficient (Wildman–Crippen LogP) is 2.04. The summed E-state index contributed by atoms with van der Waals surface area (Å²) in [5, 5.41) is 3.35. The minimum atomic E-state index is -0.318. The topological polar surface area (TPSA) is 74.8 Å². The van der Waals surface area contributed by atoms with Crippen LogP contribution < -0.4 is 10.2 Å². The molecule has 1 aliphatic heterocycles. The van der Waals surface area contributed by atoms with E-state index in [9.17, 15) is 9.59 Å². The number of aromatic nitrogens is 1. The molecule has 27 heavy (non-hydrogen) atoms. The zero-order valence-corrected chi connectivity index (χ0v) is 15.6. The molecule has 2 aromatic rings. The maximum Gasteiger partial charge on any atom is 0.250 e. The molecule has 142 valence electrons. The maximum absolute atomic E-state index is 12.3. The van der Waals surface area contributed by atoms with Gasteiger partial charge in [-0.2, -0.15) is 0 Å². The first-order valence-electron chi connectivity index (χ1n) is 8.68. The molecule has 2 heterocycles. The molecule has 0 atom stereocenters. The van der Waals surface area contributed by atoms with Crippen LogP contribution >= 0.6 is 11.6 Å². The number of anilines is 2. The summed E-state index contributed by atoms with van der Waals surface area (Å²) in [5.41, 5.74) is 1.65. The van der Waals surface area contributed by atoms with Crippen molar-refractivity contribution in [2.75, 3.05) is 49.6 Å². The van der Waals surface area contributed by atoms with Crippen LogP contribution in [0.1, 0.15) is 0 Å². The van der Waals surface area contributed by atoms with Gasteiger partial charge in [-0.1, -0.05) is 17.7 Å². The number of hydrogen-bond acceptors (Lipinski definition) is 5. The molecule has 0 aliphatic carbocycles. The van der Waals surface area contributed by atoms with E-state index in [1.807, 2.05) is 24.3 Å². The van der Waals surface area contributed by atoms with E-state index in [1.54, 1.807) is 29.4 Å². The van der Waals surface area contributed by atoms with Gasteiger partial charge < -0.3 is 19.9 Å². The highest BCUT2D eigenvalue weighted by molar-refractivity contribution is 6.30. The molecule has 7 nitrogen and oxygen atoms in total. The molecule has 3 rings (SSSR count). The van der Waals surface area contributed by atoms with Gasteiger partial charge in [-0.25, -0.2) is 0 Å². The van der Waals surface area contributed by atoms with E-state index in [1.165, 1.54) is 0 Å². The van der Waals surface area contributed by atoms with Gasteiger partial charge in [0, 0.05) is 43.1 Å². The zero-order chi connectivity index (χ0) is 19.1. The average Bonchev–Trinajstić information content (AvgIpc) is 2.69.